The fraction of sp³-hybridized carbons (Fsp3) is 0.391. The Morgan fingerprint density at radius 3 is 2.15 bits per heavy atom. The van der Waals surface area contributed by atoms with E-state index in [0.717, 1.165) is 28.8 Å². The first-order valence-corrected chi connectivity index (χ1v) is 9.26. The topological polar surface area (TPSA) is 43.7 Å². The lowest BCUT2D eigenvalue weighted by molar-refractivity contribution is 0.189. The Labute approximate surface area is 157 Å². The highest BCUT2D eigenvalue weighted by Gasteiger charge is 2.24. The lowest BCUT2D eigenvalue weighted by atomic mass is 9.84. The minimum atomic E-state index is -0.123. The van der Waals surface area contributed by atoms with Gasteiger partial charge in [0.25, 0.3) is 0 Å². The molecule has 0 heterocycles. The molecular formula is C23H31NO2. The van der Waals surface area contributed by atoms with E-state index in [-0.39, 0.29) is 18.3 Å². The molecule has 2 aromatic rings. The van der Waals surface area contributed by atoms with Crippen molar-refractivity contribution in [1.29, 1.82) is 0 Å². The molecule has 0 aliphatic heterocycles. The molecule has 0 aromatic heterocycles. The second-order valence-corrected chi connectivity index (χ2v) is 7.41. The van der Waals surface area contributed by atoms with Gasteiger partial charge in [0.05, 0.1) is 6.61 Å². The van der Waals surface area contributed by atoms with Gasteiger partial charge in [0.1, 0.15) is 5.75 Å². The normalized spacial score (nSPS) is 12.8. The Morgan fingerprint density at radius 2 is 1.62 bits per heavy atom. The highest BCUT2D eigenvalue weighted by Crippen LogP contribution is 2.37. The average Bonchev–Trinajstić information content (AvgIpc) is 2.62. The van der Waals surface area contributed by atoms with Gasteiger partial charge in [-0.3, -0.25) is 4.90 Å². The minimum Gasteiger partial charge on any atom is -0.508 e. The fourth-order valence-corrected chi connectivity index (χ4v) is 3.50. The van der Waals surface area contributed by atoms with Gasteiger partial charge in [0.15, 0.2) is 0 Å². The smallest absolute Gasteiger partial charge is 0.119 e. The molecule has 1 atom stereocenters. The van der Waals surface area contributed by atoms with E-state index in [2.05, 4.69) is 51.3 Å². The standard InChI is InChI=1S/C23H31NO2/c1-16(2)24(17(3)4)14-18(5)23(20-9-7-6-8-10-20)21-13-19(15-25)11-12-22(21)26/h6-13,16-17,23,25-26H,5,14-15H2,1-4H3/t23-/m1/s1. The number of aliphatic hydroxyl groups excluding tert-OH is 1. The second-order valence-electron chi connectivity index (χ2n) is 7.41. The molecule has 0 amide bonds. The average molecular weight is 354 g/mol. The van der Waals surface area contributed by atoms with E-state index in [1.165, 1.54) is 0 Å². The van der Waals surface area contributed by atoms with Gasteiger partial charge in [-0.1, -0.05) is 48.6 Å². The van der Waals surface area contributed by atoms with Crippen molar-refractivity contribution >= 4 is 0 Å². The Kier molecular flexibility index (Phi) is 7.01. The van der Waals surface area contributed by atoms with Crippen LogP contribution in [0.2, 0.25) is 0 Å². The number of hydrogen-bond acceptors (Lipinski definition) is 3. The van der Waals surface area contributed by atoms with Crippen LogP contribution in [-0.4, -0.2) is 33.7 Å². The molecule has 0 spiro atoms. The Morgan fingerprint density at radius 1 is 1.00 bits per heavy atom. The number of benzene rings is 2. The van der Waals surface area contributed by atoms with Crippen molar-refractivity contribution in [3.63, 3.8) is 0 Å². The molecular weight excluding hydrogens is 322 g/mol. The van der Waals surface area contributed by atoms with Gasteiger partial charge >= 0.3 is 0 Å². The first-order chi connectivity index (χ1) is 12.3. The van der Waals surface area contributed by atoms with Gasteiger partial charge in [0.2, 0.25) is 0 Å². The minimum absolute atomic E-state index is 0.0502. The summed E-state index contributed by atoms with van der Waals surface area (Å²) < 4.78 is 0. The van der Waals surface area contributed by atoms with Gasteiger partial charge in [-0.15, -0.1) is 0 Å². The Balaban J connectivity index is 2.47. The maximum absolute atomic E-state index is 10.5. The largest absolute Gasteiger partial charge is 0.508 e. The lowest BCUT2D eigenvalue weighted by Gasteiger charge is -2.33. The maximum Gasteiger partial charge on any atom is 0.119 e. The molecule has 140 valence electrons. The summed E-state index contributed by atoms with van der Waals surface area (Å²) in [5.74, 6) is 0.112. The monoisotopic (exact) mass is 353 g/mol. The third-order valence-electron chi connectivity index (χ3n) is 4.84. The van der Waals surface area contributed by atoms with Crippen molar-refractivity contribution in [1.82, 2.24) is 4.90 Å². The summed E-state index contributed by atoms with van der Waals surface area (Å²) in [7, 11) is 0. The molecule has 0 aliphatic rings. The van der Waals surface area contributed by atoms with E-state index < -0.39 is 0 Å². The van der Waals surface area contributed by atoms with Crippen LogP contribution in [0.1, 0.15) is 50.3 Å². The summed E-state index contributed by atoms with van der Waals surface area (Å²) in [5.41, 5.74) is 3.70. The number of hydrogen-bond donors (Lipinski definition) is 2. The fourth-order valence-electron chi connectivity index (χ4n) is 3.50. The molecule has 0 bridgehead atoms. The molecule has 26 heavy (non-hydrogen) atoms. The van der Waals surface area contributed by atoms with Crippen molar-refractivity contribution in [2.45, 2.75) is 52.3 Å². The van der Waals surface area contributed by atoms with Crippen LogP contribution >= 0.6 is 0 Å². The summed E-state index contributed by atoms with van der Waals surface area (Å²) in [5, 5.41) is 20.0. The van der Waals surface area contributed by atoms with E-state index in [9.17, 15) is 10.2 Å². The van der Waals surface area contributed by atoms with Gasteiger partial charge in [-0.25, -0.2) is 0 Å². The van der Waals surface area contributed by atoms with Gasteiger partial charge in [-0.05, 0) is 51.0 Å². The number of aromatic hydroxyl groups is 1. The number of phenols is 1. The van der Waals surface area contributed by atoms with Crippen LogP contribution < -0.4 is 0 Å². The van der Waals surface area contributed by atoms with Gasteiger partial charge in [0, 0.05) is 30.1 Å². The Bertz CT molecular complexity index is 714. The van der Waals surface area contributed by atoms with Crippen LogP contribution in [0.3, 0.4) is 0 Å². The lowest BCUT2D eigenvalue weighted by Crippen LogP contribution is -2.39. The SMILES string of the molecule is C=C(CN(C(C)C)C(C)C)[C@H](c1ccccc1)c1cc(CO)ccc1O. The molecule has 0 saturated heterocycles. The van der Waals surface area contributed by atoms with Crippen molar-refractivity contribution < 1.29 is 10.2 Å². The molecule has 3 nitrogen and oxygen atoms in total. The first kappa shape index (κ1) is 20.2. The number of phenolic OH excluding ortho intramolecular Hbond substituents is 1. The molecule has 0 radical (unpaired) electrons. The summed E-state index contributed by atoms with van der Waals surface area (Å²) in [6.07, 6.45) is 0. The van der Waals surface area contributed by atoms with Crippen LogP contribution in [0, 0.1) is 0 Å². The predicted octanol–water partition coefficient (Wildman–Crippen LogP) is 4.69. The molecule has 0 fully saturated rings. The Hall–Kier alpha value is -2.10. The zero-order valence-electron chi connectivity index (χ0n) is 16.3. The summed E-state index contributed by atoms with van der Waals surface area (Å²) in [6.45, 7) is 13.8. The zero-order chi connectivity index (χ0) is 19.3. The summed E-state index contributed by atoms with van der Waals surface area (Å²) >= 11 is 0. The van der Waals surface area contributed by atoms with Crippen molar-refractivity contribution in [3.8, 4) is 5.75 Å². The highest BCUT2D eigenvalue weighted by atomic mass is 16.3. The van der Waals surface area contributed by atoms with Crippen LogP contribution in [0.15, 0.2) is 60.7 Å². The molecule has 2 N–H and O–H groups in total. The maximum atomic E-state index is 10.5. The molecule has 0 unspecified atom stereocenters. The third-order valence-corrected chi connectivity index (χ3v) is 4.84. The third kappa shape index (κ3) is 4.75. The van der Waals surface area contributed by atoms with Gasteiger partial charge in [-0.2, -0.15) is 0 Å². The van der Waals surface area contributed by atoms with Crippen molar-refractivity contribution in [2.24, 2.45) is 0 Å². The summed E-state index contributed by atoms with van der Waals surface area (Å²) in [4.78, 5) is 2.39. The van der Waals surface area contributed by atoms with Gasteiger partial charge < -0.3 is 10.2 Å². The summed E-state index contributed by atoms with van der Waals surface area (Å²) in [6, 6.07) is 16.2. The van der Waals surface area contributed by atoms with Crippen LogP contribution in [-0.2, 0) is 6.61 Å². The quantitative estimate of drug-likeness (QED) is 0.677. The van der Waals surface area contributed by atoms with E-state index in [1.54, 1.807) is 12.1 Å². The second kappa shape index (κ2) is 9.02. The predicted molar refractivity (Wildman–Crippen MR) is 108 cm³/mol. The van der Waals surface area contributed by atoms with Crippen molar-refractivity contribution in [3.05, 3.63) is 77.4 Å². The zero-order valence-corrected chi connectivity index (χ0v) is 16.3. The molecule has 3 heteroatoms. The van der Waals surface area contributed by atoms with Crippen molar-refractivity contribution in [2.75, 3.05) is 6.54 Å². The highest BCUT2D eigenvalue weighted by molar-refractivity contribution is 5.48. The number of rotatable bonds is 8. The van der Waals surface area contributed by atoms with E-state index in [1.807, 2.05) is 24.3 Å². The number of nitrogens with zero attached hydrogens (tertiary/aromatic N) is 1. The molecule has 2 rings (SSSR count). The molecule has 0 aliphatic carbocycles. The molecule has 0 saturated carbocycles. The van der Waals surface area contributed by atoms with E-state index in [4.69, 9.17) is 0 Å². The van der Waals surface area contributed by atoms with Crippen LogP contribution in [0.4, 0.5) is 0 Å². The molecule has 2 aromatic carbocycles. The van der Waals surface area contributed by atoms with Crippen LogP contribution in [0.25, 0.3) is 0 Å². The number of aliphatic hydroxyl groups is 1. The van der Waals surface area contributed by atoms with Crippen LogP contribution in [0.5, 0.6) is 5.75 Å². The van der Waals surface area contributed by atoms with E-state index >= 15 is 0 Å². The van der Waals surface area contributed by atoms with E-state index in [0.29, 0.717) is 12.1 Å². The first-order valence-electron chi connectivity index (χ1n) is 9.26.